The lowest BCUT2D eigenvalue weighted by atomic mass is 10.0. The van der Waals surface area contributed by atoms with Crippen LogP contribution >= 0.6 is 0 Å². The summed E-state index contributed by atoms with van der Waals surface area (Å²) >= 11 is 0. The highest BCUT2D eigenvalue weighted by Gasteiger charge is 2.18. The third kappa shape index (κ3) is 5.59. The van der Waals surface area contributed by atoms with Gasteiger partial charge in [0.25, 0.3) is 5.91 Å². The molecule has 1 fully saturated rings. The second-order valence-corrected chi connectivity index (χ2v) is 9.38. The van der Waals surface area contributed by atoms with Crippen molar-refractivity contribution in [2.24, 2.45) is 0 Å². The molecule has 0 spiro atoms. The van der Waals surface area contributed by atoms with Crippen LogP contribution < -0.4 is 5.32 Å². The molecule has 0 bridgehead atoms. The first-order chi connectivity index (χ1) is 17.0. The predicted octanol–water partition coefficient (Wildman–Crippen LogP) is 6.07. The average molecular weight is 466 g/mol. The number of benzene rings is 3. The normalized spacial score (nSPS) is 14.4. The molecule has 5 heteroatoms. The molecule has 3 aromatic carbocycles. The number of anilines is 1. The van der Waals surface area contributed by atoms with Crippen LogP contribution in [0, 0.1) is 6.92 Å². The smallest absolute Gasteiger partial charge is 0.274 e. The van der Waals surface area contributed by atoms with Crippen molar-refractivity contribution in [2.75, 3.05) is 25.6 Å². The molecule has 0 aliphatic carbocycles. The summed E-state index contributed by atoms with van der Waals surface area (Å²) in [6.07, 6.45) is 2.16. The minimum absolute atomic E-state index is 0.209. The van der Waals surface area contributed by atoms with Crippen LogP contribution in [0.25, 0.3) is 22.0 Å². The molecule has 0 radical (unpaired) electrons. The Balaban J connectivity index is 1.26. The van der Waals surface area contributed by atoms with Crippen molar-refractivity contribution in [1.82, 2.24) is 9.88 Å². The molecule has 2 heterocycles. The van der Waals surface area contributed by atoms with E-state index in [-0.39, 0.29) is 5.91 Å². The van der Waals surface area contributed by atoms with Gasteiger partial charge in [-0.2, -0.15) is 0 Å². The van der Waals surface area contributed by atoms with E-state index in [2.05, 4.69) is 77.7 Å². The van der Waals surface area contributed by atoms with Crippen molar-refractivity contribution in [3.63, 3.8) is 0 Å². The highest BCUT2D eigenvalue weighted by molar-refractivity contribution is 6.04. The number of ether oxygens (including phenoxy) is 1. The number of aryl methyl sites for hydroxylation is 1. The Kier molecular flexibility index (Phi) is 6.89. The zero-order valence-electron chi connectivity index (χ0n) is 20.3. The van der Waals surface area contributed by atoms with Crippen LogP contribution in [0.15, 0.2) is 78.9 Å². The second kappa shape index (κ2) is 10.4. The van der Waals surface area contributed by atoms with Crippen molar-refractivity contribution in [3.05, 3.63) is 95.7 Å². The number of nitrogens with one attached hydrogen (secondary N) is 1. The molecule has 1 amide bonds. The van der Waals surface area contributed by atoms with Gasteiger partial charge >= 0.3 is 0 Å². The number of hydrogen-bond acceptors (Lipinski definition) is 4. The first kappa shape index (κ1) is 23.2. The Morgan fingerprint density at radius 2 is 1.63 bits per heavy atom. The summed E-state index contributed by atoms with van der Waals surface area (Å²) in [6.45, 7) is 4.65. The monoisotopic (exact) mass is 465 g/mol. The molecule has 4 aromatic rings. The van der Waals surface area contributed by atoms with Gasteiger partial charge in [-0.1, -0.05) is 60.2 Å². The number of fused-ring (bicyclic) bond motifs is 1. The van der Waals surface area contributed by atoms with Crippen molar-refractivity contribution >= 4 is 22.5 Å². The summed E-state index contributed by atoms with van der Waals surface area (Å²) in [7, 11) is 2.17. The predicted molar refractivity (Wildman–Crippen MR) is 142 cm³/mol. The van der Waals surface area contributed by atoms with E-state index < -0.39 is 0 Å². The van der Waals surface area contributed by atoms with Gasteiger partial charge in [0.15, 0.2) is 0 Å². The Morgan fingerprint density at radius 1 is 0.943 bits per heavy atom. The van der Waals surface area contributed by atoms with Crippen LogP contribution in [-0.4, -0.2) is 42.1 Å². The summed E-state index contributed by atoms with van der Waals surface area (Å²) in [4.78, 5) is 20.0. The average Bonchev–Trinajstić information content (AvgIpc) is 2.90. The van der Waals surface area contributed by atoms with E-state index in [1.54, 1.807) is 6.07 Å². The quantitative estimate of drug-likeness (QED) is 0.375. The van der Waals surface area contributed by atoms with Gasteiger partial charge in [0.1, 0.15) is 5.69 Å². The van der Waals surface area contributed by atoms with Crippen molar-refractivity contribution in [3.8, 4) is 11.1 Å². The van der Waals surface area contributed by atoms with Crippen molar-refractivity contribution in [1.29, 1.82) is 0 Å². The van der Waals surface area contributed by atoms with Crippen LogP contribution in [0.5, 0.6) is 0 Å². The number of rotatable bonds is 6. The molecule has 178 valence electrons. The van der Waals surface area contributed by atoms with E-state index in [0.29, 0.717) is 11.7 Å². The molecule has 35 heavy (non-hydrogen) atoms. The molecule has 1 aliphatic rings. The van der Waals surface area contributed by atoms with Crippen molar-refractivity contribution < 1.29 is 9.53 Å². The highest BCUT2D eigenvalue weighted by Crippen LogP contribution is 2.24. The van der Waals surface area contributed by atoms with Crippen molar-refractivity contribution in [2.45, 2.75) is 32.4 Å². The molecule has 1 saturated heterocycles. The maximum Gasteiger partial charge on any atom is 0.274 e. The molecular formula is C30H31N3O2. The lowest BCUT2D eigenvalue weighted by Gasteiger charge is -2.31. The lowest BCUT2D eigenvalue weighted by molar-refractivity contribution is 0.0407. The van der Waals surface area contributed by atoms with Gasteiger partial charge in [-0.25, -0.2) is 4.98 Å². The minimum atomic E-state index is -0.209. The van der Waals surface area contributed by atoms with Crippen LogP contribution in [-0.2, 0) is 11.3 Å². The number of carbonyl (C=O) groups is 1. The summed E-state index contributed by atoms with van der Waals surface area (Å²) in [5.41, 5.74) is 6.66. The van der Waals surface area contributed by atoms with Gasteiger partial charge < -0.3 is 10.1 Å². The third-order valence-electron chi connectivity index (χ3n) is 6.77. The summed E-state index contributed by atoms with van der Waals surface area (Å²) in [5, 5.41) is 4.00. The number of amides is 1. The number of aromatic nitrogens is 1. The number of carbonyl (C=O) groups excluding carboxylic acids is 1. The summed E-state index contributed by atoms with van der Waals surface area (Å²) in [6, 6.07) is 27.0. The molecule has 5 rings (SSSR count). The third-order valence-corrected chi connectivity index (χ3v) is 6.77. The van der Waals surface area contributed by atoms with E-state index in [1.165, 1.54) is 11.1 Å². The molecule has 0 atom stereocenters. The fourth-order valence-electron chi connectivity index (χ4n) is 4.60. The standard InChI is InChI=1S/C30H31N3O2/c1-21-3-7-23(8-4-21)25-10-9-24-11-14-28(32-29(24)19-25)30(34)31-26-12-5-22(6-13-26)20-33(2)27-15-17-35-18-16-27/h3-14,19,27H,15-18,20H2,1-2H3,(H,31,34). The lowest BCUT2D eigenvalue weighted by Crippen LogP contribution is -2.36. The maximum atomic E-state index is 12.9. The summed E-state index contributed by atoms with van der Waals surface area (Å²) < 4.78 is 5.47. The van der Waals surface area contributed by atoms with Gasteiger partial charge in [-0.05, 0) is 67.8 Å². The zero-order chi connectivity index (χ0) is 24.2. The van der Waals surface area contributed by atoms with E-state index in [9.17, 15) is 4.79 Å². The van der Waals surface area contributed by atoms with E-state index in [4.69, 9.17) is 4.74 Å². The summed E-state index contributed by atoms with van der Waals surface area (Å²) in [5.74, 6) is -0.209. The fourth-order valence-corrected chi connectivity index (χ4v) is 4.60. The molecule has 0 unspecified atom stereocenters. The molecule has 5 nitrogen and oxygen atoms in total. The highest BCUT2D eigenvalue weighted by atomic mass is 16.5. The molecule has 1 N–H and O–H groups in total. The van der Waals surface area contributed by atoms with Crippen LogP contribution in [0.1, 0.15) is 34.5 Å². The largest absolute Gasteiger partial charge is 0.381 e. The van der Waals surface area contributed by atoms with Gasteiger partial charge in [0.05, 0.1) is 5.52 Å². The number of nitrogens with zero attached hydrogens (tertiary/aromatic N) is 2. The van der Waals surface area contributed by atoms with E-state index in [1.807, 2.05) is 24.3 Å². The van der Waals surface area contributed by atoms with E-state index in [0.717, 1.165) is 60.3 Å². The zero-order valence-corrected chi connectivity index (χ0v) is 20.3. The Hall–Kier alpha value is -3.54. The van der Waals surface area contributed by atoms with Crippen LogP contribution in [0.4, 0.5) is 5.69 Å². The second-order valence-electron chi connectivity index (χ2n) is 9.38. The molecule has 1 aliphatic heterocycles. The fraction of sp³-hybridized carbons (Fsp3) is 0.267. The Morgan fingerprint density at radius 3 is 2.37 bits per heavy atom. The molecule has 0 saturated carbocycles. The van der Waals surface area contributed by atoms with Gasteiger partial charge in [0.2, 0.25) is 0 Å². The van der Waals surface area contributed by atoms with Gasteiger partial charge in [-0.3, -0.25) is 9.69 Å². The minimum Gasteiger partial charge on any atom is -0.381 e. The molecular weight excluding hydrogens is 434 g/mol. The Labute approximate surface area is 206 Å². The Bertz CT molecular complexity index is 1310. The first-order valence-corrected chi connectivity index (χ1v) is 12.2. The van der Waals surface area contributed by atoms with Gasteiger partial charge in [-0.15, -0.1) is 0 Å². The van der Waals surface area contributed by atoms with Crippen LogP contribution in [0.3, 0.4) is 0 Å². The topological polar surface area (TPSA) is 54.5 Å². The van der Waals surface area contributed by atoms with Crippen LogP contribution in [0.2, 0.25) is 0 Å². The van der Waals surface area contributed by atoms with E-state index >= 15 is 0 Å². The number of hydrogen-bond donors (Lipinski definition) is 1. The number of pyridine rings is 1. The SMILES string of the molecule is Cc1ccc(-c2ccc3ccc(C(=O)Nc4ccc(CN(C)C5CCOCC5)cc4)nc3c2)cc1. The van der Waals surface area contributed by atoms with Gasteiger partial charge in [0, 0.05) is 36.9 Å². The first-order valence-electron chi connectivity index (χ1n) is 12.2. The molecule has 1 aromatic heterocycles. The maximum absolute atomic E-state index is 12.9.